The summed E-state index contributed by atoms with van der Waals surface area (Å²) in [5.74, 6) is -1.96. The van der Waals surface area contributed by atoms with Gasteiger partial charge in [-0.05, 0) is 37.7 Å². The number of aryl methyl sites for hydroxylation is 1. The van der Waals surface area contributed by atoms with Crippen molar-refractivity contribution in [2.75, 3.05) is 20.1 Å². The summed E-state index contributed by atoms with van der Waals surface area (Å²) in [6.45, 7) is 4.06. The standard InChI is InChI=1S/C20H24N4O4.2ClH/c1-11-17(23-19(26)16(18(11)25)20(27)28)12-4-5-15-13(8-12)9-14(24(15)3)10-22-7-6-21-2;;/h4-5,8-9,21-22H,6-7,10H2,1-3H3,(H,27,28)(H2,23,25,26);2*1H. The van der Waals surface area contributed by atoms with E-state index in [1.165, 1.54) is 0 Å². The Morgan fingerprint density at radius 2 is 1.90 bits per heavy atom. The average molecular weight is 457 g/mol. The minimum absolute atomic E-state index is 0. The van der Waals surface area contributed by atoms with E-state index in [2.05, 4.69) is 26.3 Å². The second kappa shape index (κ2) is 10.5. The van der Waals surface area contributed by atoms with Crippen LogP contribution in [0, 0.1) is 6.92 Å². The number of hydrogen-bond donors (Lipinski definition) is 5. The molecule has 0 saturated heterocycles. The highest BCUT2D eigenvalue weighted by Crippen LogP contribution is 2.31. The number of aromatic carboxylic acids is 1. The molecular weight excluding hydrogens is 431 g/mol. The van der Waals surface area contributed by atoms with Gasteiger partial charge in [0.1, 0.15) is 5.75 Å². The fraction of sp³-hybridized carbons (Fsp3) is 0.300. The van der Waals surface area contributed by atoms with Crippen molar-refractivity contribution in [3.63, 3.8) is 0 Å². The van der Waals surface area contributed by atoms with Crippen LogP contribution < -0.4 is 16.2 Å². The number of H-pyrrole nitrogens is 1. The van der Waals surface area contributed by atoms with Crippen LogP contribution in [0.25, 0.3) is 22.2 Å². The van der Waals surface area contributed by atoms with E-state index in [1.807, 2.05) is 32.3 Å². The highest BCUT2D eigenvalue weighted by molar-refractivity contribution is 5.92. The Labute approximate surface area is 186 Å². The highest BCUT2D eigenvalue weighted by Gasteiger charge is 2.20. The van der Waals surface area contributed by atoms with Crippen molar-refractivity contribution in [3.05, 3.63) is 51.4 Å². The summed E-state index contributed by atoms with van der Waals surface area (Å²) < 4.78 is 2.10. The van der Waals surface area contributed by atoms with Gasteiger partial charge in [-0.1, -0.05) is 6.07 Å². The van der Waals surface area contributed by atoms with Crippen molar-refractivity contribution < 1.29 is 15.0 Å². The Kier molecular flexibility index (Phi) is 8.92. The number of aromatic nitrogens is 2. The first kappa shape index (κ1) is 25.5. The van der Waals surface area contributed by atoms with Gasteiger partial charge < -0.3 is 30.4 Å². The van der Waals surface area contributed by atoms with Crippen molar-refractivity contribution in [1.82, 2.24) is 20.2 Å². The van der Waals surface area contributed by atoms with Gasteiger partial charge in [0.05, 0.1) is 5.69 Å². The van der Waals surface area contributed by atoms with Crippen molar-refractivity contribution in [1.29, 1.82) is 0 Å². The molecule has 0 aliphatic rings. The summed E-state index contributed by atoms with van der Waals surface area (Å²) in [6, 6.07) is 7.79. The van der Waals surface area contributed by atoms with Crippen LogP contribution in [0.4, 0.5) is 0 Å². The molecule has 0 atom stereocenters. The number of aromatic amines is 1. The molecular formula is C20H26Cl2N4O4. The number of halogens is 2. The second-order valence-electron chi connectivity index (χ2n) is 6.73. The molecule has 2 heterocycles. The predicted molar refractivity (Wildman–Crippen MR) is 122 cm³/mol. The molecule has 8 nitrogen and oxygen atoms in total. The maximum Gasteiger partial charge on any atom is 0.345 e. The Morgan fingerprint density at radius 3 is 2.53 bits per heavy atom. The summed E-state index contributed by atoms with van der Waals surface area (Å²) in [4.78, 5) is 25.9. The number of pyridine rings is 1. The average Bonchev–Trinajstić information content (AvgIpc) is 2.97. The number of nitrogens with zero attached hydrogens (tertiary/aromatic N) is 1. The maximum absolute atomic E-state index is 12.1. The van der Waals surface area contributed by atoms with Crippen LogP contribution in [0.5, 0.6) is 5.75 Å². The molecule has 2 aromatic heterocycles. The largest absolute Gasteiger partial charge is 0.506 e. The Balaban J connectivity index is 0.00000225. The quantitative estimate of drug-likeness (QED) is 0.348. The topological polar surface area (TPSA) is 119 Å². The van der Waals surface area contributed by atoms with Gasteiger partial charge in [-0.15, -0.1) is 24.8 Å². The first-order valence-corrected chi connectivity index (χ1v) is 8.98. The number of carboxylic acids is 1. The molecule has 0 fully saturated rings. The normalized spacial score (nSPS) is 10.5. The summed E-state index contributed by atoms with van der Waals surface area (Å²) in [7, 11) is 3.91. The van der Waals surface area contributed by atoms with Crippen LogP contribution in [0.15, 0.2) is 29.1 Å². The molecule has 0 bridgehead atoms. The lowest BCUT2D eigenvalue weighted by Gasteiger charge is -2.10. The molecule has 3 rings (SSSR count). The highest BCUT2D eigenvalue weighted by atomic mass is 35.5. The van der Waals surface area contributed by atoms with E-state index >= 15 is 0 Å². The van der Waals surface area contributed by atoms with Crippen LogP contribution in [-0.2, 0) is 13.6 Å². The van der Waals surface area contributed by atoms with E-state index < -0.39 is 22.8 Å². The summed E-state index contributed by atoms with van der Waals surface area (Å²) in [6.07, 6.45) is 0. The molecule has 0 unspecified atom stereocenters. The zero-order valence-corrected chi connectivity index (χ0v) is 18.5. The van der Waals surface area contributed by atoms with Crippen LogP contribution >= 0.6 is 24.8 Å². The minimum Gasteiger partial charge on any atom is -0.506 e. The minimum atomic E-state index is -1.46. The van der Waals surface area contributed by atoms with Crippen LogP contribution in [0.2, 0.25) is 0 Å². The van der Waals surface area contributed by atoms with Crippen LogP contribution in [0.1, 0.15) is 21.6 Å². The third-order valence-electron chi connectivity index (χ3n) is 4.93. The molecule has 1 aromatic carbocycles. The molecule has 0 radical (unpaired) electrons. The fourth-order valence-corrected chi connectivity index (χ4v) is 3.33. The number of carbonyl (C=O) groups is 1. The molecule has 3 aromatic rings. The van der Waals surface area contributed by atoms with E-state index in [0.717, 1.165) is 36.2 Å². The van der Waals surface area contributed by atoms with E-state index in [-0.39, 0.29) is 24.8 Å². The fourth-order valence-electron chi connectivity index (χ4n) is 3.33. The molecule has 0 aliphatic carbocycles. The summed E-state index contributed by atoms with van der Waals surface area (Å²) in [5, 5.41) is 26.7. The number of fused-ring (bicyclic) bond motifs is 1. The first-order valence-electron chi connectivity index (χ1n) is 8.98. The van der Waals surface area contributed by atoms with Gasteiger partial charge in [0.15, 0.2) is 5.56 Å². The van der Waals surface area contributed by atoms with Crippen molar-refractivity contribution >= 4 is 41.7 Å². The van der Waals surface area contributed by atoms with E-state index in [9.17, 15) is 14.7 Å². The molecule has 164 valence electrons. The second-order valence-corrected chi connectivity index (χ2v) is 6.73. The van der Waals surface area contributed by atoms with Gasteiger partial charge in [0.2, 0.25) is 0 Å². The number of likely N-dealkylation sites (N-methyl/N-ethyl adjacent to an activating group) is 1. The smallest absolute Gasteiger partial charge is 0.345 e. The number of nitrogens with one attached hydrogen (secondary N) is 3. The third kappa shape index (κ3) is 4.79. The summed E-state index contributed by atoms with van der Waals surface area (Å²) >= 11 is 0. The zero-order valence-electron chi connectivity index (χ0n) is 16.9. The van der Waals surface area contributed by atoms with E-state index in [1.54, 1.807) is 6.92 Å². The lowest BCUT2D eigenvalue weighted by molar-refractivity contribution is 0.0691. The van der Waals surface area contributed by atoms with E-state index in [0.29, 0.717) is 16.8 Å². The monoisotopic (exact) mass is 456 g/mol. The molecule has 0 amide bonds. The van der Waals surface area contributed by atoms with Crippen LogP contribution in [-0.4, -0.2) is 45.9 Å². The van der Waals surface area contributed by atoms with Gasteiger partial charge >= 0.3 is 5.97 Å². The van der Waals surface area contributed by atoms with Crippen molar-refractivity contribution in [3.8, 4) is 17.0 Å². The number of hydrogen-bond acceptors (Lipinski definition) is 5. The van der Waals surface area contributed by atoms with Crippen LogP contribution in [0.3, 0.4) is 0 Å². The Hall–Kier alpha value is -2.52. The van der Waals surface area contributed by atoms with Gasteiger partial charge in [0, 0.05) is 48.8 Å². The Bertz CT molecular complexity index is 1110. The zero-order chi connectivity index (χ0) is 20.4. The lowest BCUT2D eigenvalue weighted by Crippen LogP contribution is -2.25. The SMILES string of the molecule is CNCCNCc1cc2cc(-c3[nH]c(=O)c(C(=O)O)c(O)c3C)ccc2n1C.Cl.Cl. The van der Waals surface area contributed by atoms with E-state index in [4.69, 9.17) is 5.11 Å². The van der Waals surface area contributed by atoms with Crippen molar-refractivity contribution in [2.45, 2.75) is 13.5 Å². The molecule has 30 heavy (non-hydrogen) atoms. The molecule has 5 N–H and O–H groups in total. The Morgan fingerprint density at radius 1 is 1.20 bits per heavy atom. The summed E-state index contributed by atoms with van der Waals surface area (Å²) in [5.41, 5.74) is 2.13. The van der Waals surface area contributed by atoms with Gasteiger partial charge in [-0.25, -0.2) is 4.79 Å². The molecule has 10 heteroatoms. The number of benzene rings is 1. The van der Waals surface area contributed by atoms with Gasteiger partial charge in [0.25, 0.3) is 5.56 Å². The first-order chi connectivity index (χ1) is 13.3. The number of aromatic hydroxyl groups is 1. The number of rotatable bonds is 7. The maximum atomic E-state index is 12.1. The molecule has 0 saturated carbocycles. The molecule has 0 aliphatic heterocycles. The van der Waals surface area contributed by atoms with Gasteiger partial charge in [-0.2, -0.15) is 0 Å². The lowest BCUT2D eigenvalue weighted by atomic mass is 10.0. The number of carboxylic acid groups (broad SMARTS) is 1. The van der Waals surface area contributed by atoms with Crippen molar-refractivity contribution in [2.24, 2.45) is 7.05 Å². The van der Waals surface area contributed by atoms with Gasteiger partial charge in [-0.3, -0.25) is 4.79 Å². The molecule has 0 spiro atoms. The predicted octanol–water partition coefficient (Wildman–Crippen LogP) is 2.40. The third-order valence-corrected chi connectivity index (χ3v) is 4.93.